The molecule has 9 heteroatoms. The van der Waals surface area contributed by atoms with E-state index in [4.69, 9.17) is 11.6 Å². The van der Waals surface area contributed by atoms with Crippen molar-refractivity contribution in [1.82, 2.24) is 4.31 Å². The van der Waals surface area contributed by atoms with Gasteiger partial charge in [0.25, 0.3) is 5.91 Å². The number of anilines is 2. The maximum absolute atomic E-state index is 13.1. The highest BCUT2D eigenvalue weighted by Gasteiger charge is 2.31. The van der Waals surface area contributed by atoms with Gasteiger partial charge in [0.15, 0.2) is 0 Å². The Morgan fingerprint density at radius 2 is 1.87 bits per heavy atom. The van der Waals surface area contributed by atoms with Crippen LogP contribution >= 0.6 is 11.6 Å². The first kappa shape index (κ1) is 22.3. The van der Waals surface area contributed by atoms with Gasteiger partial charge in [0, 0.05) is 30.8 Å². The third kappa shape index (κ3) is 5.00. The summed E-state index contributed by atoms with van der Waals surface area (Å²) in [5.74, 6) is -0.750. The van der Waals surface area contributed by atoms with Crippen LogP contribution in [-0.2, 0) is 14.8 Å². The summed E-state index contributed by atoms with van der Waals surface area (Å²) in [6.45, 7) is 3.75. The smallest absolute Gasteiger partial charge is 0.255 e. The standard InChI is InChI=1S/C21H24ClN3O4S/c1-14-6-3-4-11-25(14)30(28,29)18-8-5-7-16(12-18)21(27)24-20-13-17(23-15(2)26)9-10-19(20)22/h5,7-10,12-14H,3-4,6,11H2,1-2H3,(H,23,26)(H,24,27). The number of carbonyl (C=O) groups is 2. The van der Waals surface area contributed by atoms with Gasteiger partial charge >= 0.3 is 0 Å². The van der Waals surface area contributed by atoms with Crippen molar-refractivity contribution in [2.24, 2.45) is 0 Å². The zero-order chi connectivity index (χ0) is 21.9. The second-order valence-electron chi connectivity index (χ2n) is 7.32. The van der Waals surface area contributed by atoms with Crippen molar-refractivity contribution in [1.29, 1.82) is 0 Å². The zero-order valence-corrected chi connectivity index (χ0v) is 18.4. The SMILES string of the molecule is CC(=O)Nc1ccc(Cl)c(NC(=O)c2cccc(S(=O)(=O)N3CCCCC3C)c2)c1. The number of nitrogens with one attached hydrogen (secondary N) is 2. The monoisotopic (exact) mass is 449 g/mol. The Balaban J connectivity index is 1.84. The molecule has 7 nitrogen and oxygen atoms in total. The molecule has 2 N–H and O–H groups in total. The van der Waals surface area contributed by atoms with E-state index in [2.05, 4.69) is 10.6 Å². The van der Waals surface area contributed by atoms with Gasteiger partial charge in [-0.2, -0.15) is 4.31 Å². The van der Waals surface area contributed by atoms with E-state index in [9.17, 15) is 18.0 Å². The van der Waals surface area contributed by atoms with Crippen LogP contribution in [0.1, 0.15) is 43.5 Å². The van der Waals surface area contributed by atoms with Crippen molar-refractivity contribution in [3.8, 4) is 0 Å². The van der Waals surface area contributed by atoms with Crippen LogP contribution in [0.2, 0.25) is 5.02 Å². The molecule has 1 atom stereocenters. The molecule has 30 heavy (non-hydrogen) atoms. The number of sulfonamides is 1. The molecule has 2 aromatic carbocycles. The molecule has 0 aromatic heterocycles. The van der Waals surface area contributed by atoms with E-state index < -0.39 is 15.9 Å². The largest absolute Gasteiger partial charge is 0.326 e. The minimum Gasteiger partial charge on any atom is -0.326 e. The quantitative estimate of drug-likeness (QED) is 0.717. The molecule has 0 saturated carbocycles. The van der Waals surface area contributed by atoms with E-state index in [1.807, 2.05) is 6.92 Å². The second kappa shape index (κ2) is 9.16. The predicted molar refractivity (Wildman–Crippen MR) is 117 cm³/mol. The average molecular weight is 450 g/mol. The summed E-state index contributed by atoms with van der Waals surface area (Å²) in [4.78, 5) is 24.1. The van der Waals surface area contributed by atoms with Gasteiger partial charge in [-0.05, 0) is 56.2 Å². The lowest BCUT2D eigenvalue weighted by Crippen LogP contribution is -2.41. The first-order valence-electron chi connectivity index (χ1n) is 9.69. The van der Waals surface area contributed by atoms with E-state index in [-0.39, 0.29) is 22.4 Å². The molecule has 1 aliphatic rings. The summed E-state index contributed by atoms with van der Waals surface area (Å²) in [6.07, 6.45) is 2.66. The van der Waals surface area contributed by atoms with Crippen LogP contribution in [0.4, 0.5) is 11.4 Å². The Kier molecular flexibility index (Phi) is 6.80. The van der Waals surface area contributed by atoms with Gasteiger partial charge in [0.2, 0.25) is 15.9 Å². The number of hydrogen-bond acceptors (Lipinski definition) is 4. The van der Waals surface area contributed by atoms with Crippen molar-refractivity contribution in [3.05, 3.63) is 53.1 Å². The first-order chi connectivity index (χ1) is 14.2. The van der Waals surface area contributed by atoms with Crippen LogP contribution in [0, 0.1) is 0 Å². The van der Waals surface area contributed by atoms with Crippen molar-refractivity contribution in [3.63, 3.8) is 0 Å². The number of hydrogen-bond donors (Lipinski definition) is 2. The minimum absolute atomic E-state index is 0.0726. The maximum atomic E-state index is 13.1. The Bertz CT molecular complexity index is 1070. The van der Waals surface area contributed by atoms with Crippen LogP contribution in [0.3, 0.4) is 0 Å². The summed E-state index contributed by atoms with van der Waals surface area (Å²) in [5.41, 5.74) is 0.991. The summed E-state index contributed by atoms with van der Waals surface area (Å²) >= 11 is 6.16. The van der Waals surface area contributed by atoms with E-state index >= 15 is 0 Å². The van der Waals surface area contributed by atoms with Crippen LogP contribution in [0.25, 0.3) is 0 Å². The van der Waals surface area contributed by atoms with Gasteiger partial charge in [-0.25, -0.2) is 8.42 Å². The first-order valence-corrected chi connectivity index (χ1v) is 11.5. The van der Waals surface area contributed by atoms with Crippen molar-refractivity contribution in [2.45, 2.75) is 44.0 Å². The molecule has 2 aromatic rings. The average Bonchev–Trinajstić information content (AvgIpc) is 2.70. The zero-order valence-electron chi connectivity index (χ0n) is 16.8. The molecule has 0 spiro atoms. The van der Waals surface area contributed by atoms with E-state index in [0.29, 0.717) is 22.9 Å². The molecule has 1 aliphatic heterocycles. The lowest BCUT2D eigenvalue weighted by Gasteiger charge is -2.32. The topological polar surface area (TPSA) is 95.6 Å². The van der Waals surface area contributed by atoms with Crippen LogP contribution < -0.4 is 10.6 Å². The molecule has 1 saturated heterocycles. The fourth-order valence-corrected chi connectivity index (χ4v) is 5.37. The third-order valence-electron chi connectivity index (χ3n) is 4.98. The normalized spacial score (nSPS) is 17.4. The third-order valence-corrected chi connectivity index (χ3v) is 7.32. The fraction of sp³-hybridized carbons (Fsp3) is 0.333. The molecule has 0 radical (unpaired) electrons. The number of piperidine rings is 1. The van der Waals surface area contributed by atoms with Gasteiger partial charge in [-0.1, -0.05) is 24.1 Å². The van der Waals surface area contributed by atoms with Crippen LogP contribution in [0.15, 0.2) is 47.4 Å². The minimum atomic E-state index is -3.69. The number of carbonyl (C=O) groups excluding carboxylic acids is 2. The van der Waals surface area contributed by atoms with Gasteiger partial charge in [0.1, 0.15) is 0 Å². The molecule has 1 fully saturated rings. The van der Waals surface area contributed by atoms with Gasteiger partial charge in [-0.15, -0.1) is 0 Å². The molecular weight excluding hydrogens is 426 g/mol. The second-order valence-corrected chi connectivity index (χ2v) is 9.62. The van der Waals surface area contributed by atoms with E-state index in [0.717, 1.165) is 19.3 Å². The van der Waals surface area contributed by atoms with Crippen LogP contribution in [0.5, 0.6) is 0 Å². The number of amides is 2. The van der Waals surface area contributed by atoms with Crippen molar-refractivity contribution in [2.75, 3.05) is 17.2 Å². The number of rotatable bonds is 5. The lowest BCUT2D eigenvalue weighted by molar-refractivity contribution is -0.114. The van der Waals surface area contributed by atoms with Crippen molar-refractivity contribution >= 4 is 44.8 Å². The molecule has 160 valence electrons. The Hall–Kier alpha value is -2.42. The summed E-state index contributed by atoms with van der Waals surface area (Å²) in [6, 6.07) is 10.6. The molecule has 0 aliphatic carbocycles. The molecule has 0 bridgehead atoms. The Labute approximate surface area is 181 Å². The highest BCUT2D eigenvalue weighted by Crippen LogP contribution is 2.28. The number of nitrogens with zero attached hydrogens (tertiary/aromatic N) is 1. The molecular formula is C21H24ClN3O4S. The highest BCUT2D eigenvalue weighted by atomic mass is 35.5. The Morgan fingerprint density at radius 1 is 1.10 bits per heavy atom. The maximum Gasteiger partial charge on any atom is 0.255 e. The number of benzene rings is 2. The van der Waals surface area contributed by atoms with Gasteiger partial charge in [-0.3, -0.25) is 9.59 Å². The summed E-state index contributed by atoms with van der Waals surface area (Å²) in [5, 5.41) is 5.59. The summed E-state index contributed by atoms with van der Waals surface area (Å²) in [7, 11) is -3.69. The van der Waals surface area contributed by atoms with Crippen molar-refractivity contribution < 1.29 is 18.0 Å². The van der Waals surface area contributed by atoms with Gasteiger partial charge < -0.3 is 10.6 Å². The number of halogens is 1. The molecule has 2 amide bonds. The Morgan fingerprint density at radius 3 is 2.57 bits per heavy atom. The highest BCUT2D eigenvalue weighted by molar-refractivity contribution is 7.89. The van der Waals surface area contributed by atoms with Crippen LogP contribution in [-0.4, -0.2) is 37.1 Å². The summed E-state index contributed by atoms with van der Waals surface area (Å²) < 4.78 is 27.6. The molecule has 1 unspecified atom stereocenters. The van der Waals surface area contributed by atoms with E-state index in [1.54, 1.807) is 24.3 Å². The van der Waals surface area contributed by atoms with E-state index in [1.165, 1.54) is 29.4 Å². The lowest BCUT2D eigenvalue weighted by atomic mass is 10.1. The predicted octanol–water partition coefficient (Wildman–Crippen LogP) is 4.11. The molecule has 1 heterocycles. The fourth-order valence-electron chi connectivity index (χ4n) is 3.46. The van der Waals surface area contributed by atoms with Gasteiger partial charge in [0.05, 0.1) is 15.6 Å². The molecule has 3 rings (SSSR count).